The molecule has 0 aliphatic rings. The van der Waals surface area contributed by atoms with Crippen LogP contribution >= 0.6 is 46.2 Å². The van der Waals surface area contributed by atoms with Crippen molar-refractivity contribution in [3.63, 3.8) is 0 Å². The van der Waals surface area contributed by atoms with Crippen molar-refractivity contribution in [2.24, 2.45) is 17.8 Å². The van der Waals surface area contributed by atoms with Gasteiger partial charge < -0.3 is 0 Å². The summed E-state index contributed by atoms with van der Waals surface area (Å²) in [5.41, 5.74) is 2.93. The molecule has 0 spiro atoms. The molecule has 0 aliphatic heterocycles. The van der Waals surface area contributed by atoms with Crippen molar-refractivity contribution in [1.82, 2.24) is 0 Å². The van der Waals surface area contributed by atoms with E-state index >= 15 is 0 Å². The molecule has 6 aromatic rings. The number of hydrogen-bond acceptors (Lipinski definition) is 4. The average molecular weight is 723 g/mol. The smallest absolute Gasteiger partial charge is 0.0542 e. The minimum absolute atomic E-state index is 0.810. The zero-order valence-corrected chi connectivity index (χ0v) is 33.5. The van der Waals surface area contributed by atoms with E-state index in [1.54, 1.807) is 0 Å². The monoisotopic (exact) mass is 722 g/mol. The third-order valence-corrected chi connectivity index (χ3v) is 14.5. The van der Waals surface area contributed by atoms with E-state index in [-0.39, 0.29) is 0 Å². The van der Waals surface area contributed by atoms with Crippen LogP contribution in [0.1, 0.15) is 104 Å². The zero-order chi connectivity index (χ0) is 34.2. The van der Waals surface area contributed by atoms with Crippen LogP contribution < -0.4 is 0 Å². The lowest BCUT2D eigenvalue weighted by atomic mass is 9.94. The molecule has 0 aliphatic carbocycles. The second-order valence-corrected chi connectivity index (χ2v) is 19.2. The lowest BCUT2D eigenvalue weighted by Gasteiger charge is -2.12. The second-order valence-electron chi connectivity index (χ2n) is 14.8. The molecule has 0 N–H and O–H groups in total. The first-order valence-electron chi connectivity index (χ1n) is 18.8. The zero-order valence-electron chi connectivity index (χ0n) is 30.2. The molecule has 49 heavy (non-hydrogen) atoms. The highest BCUT2D eigenvalue weighted by Crippen LogP contribution is 2.46. The number of unbranched alkanes of at least 4 members (excludes halogenated alkanes) is 2. The van der Waals surface area contributed by atoms with E-state index in [0.717, 1.165) is 17.8 Å². The predicted molar refractivity (Wildman–Crippen MR) is 224 cm³/mol. The van der Waals surface area contributed by atoms with Gasteiger partial charge in [-0.1, -0.05) is 139 Å². The molecular formula is C45H54S4. The van der Waals surface area contributed by atoms with Crippen LogP contribution in [0.5, 0.6) is 0 Å². The van der Waals surface area contributed by atoms with Crippen molar-refractivity contribution in [1.29, 1.82) is 0 Å². The van der Waals surface area contributed by atoms with Crippen LogP contribution in [0.25, 0.3) is 29.6 Å². The summed E-state index contributed by atoms with van der Waals surface area (Å²) in [6, 6.07) is 32.7. The molecular weight excluding hydrogens is 669 g/mol. The van der Waals surface area contributed by atoms with E-state index in [0.29, 0.717) is 0 Å². The molecule has 0 bridgehead atoms. The number of rotatable bonds is 18. The van der Waals surface area contributed by atoms with Crippen LogP contribution in [0.3, 0.4) is 0 Å². The molecule has 2 atom stereocenters. The Morgan fingerprint density at radius 1 is 0.490 bits per heavy atom. The molecule has 2 unspecified atom stereocenters. The SMILES string of the molecule is CCCCCC(C)CCc1ccc(Sc2ccc3c(c2)sc2c4ccc(Sc5ccc(CCC(C)CCCC(C)C)cc5)cc4sc32)cc1. The van der Waals surface area contributed by atoms with Gasteiger partial charge in [-0.3, -0.25) is 0 Å². The Morgan fingerprint density at radius 3 is 1.39 bits per heavy atom. The Labute approximate surface area is 312 Å². The van der Waals surface area contributed by atoms with Gasteiger partial charge in [0.2, 0.25) is 0 Å². The minimum Gasteiger partial charge on any atom is -0.134 e. The third-order valence-electron chi connectivity index (χ3n) is 9.97. The molecule has 4 heteroatoms. The van der Waals surface area contributed by atoms with Crippen molar-refractivity contribution >= 4 is 75.8 Å². The van der Waals surface area contributed by atoms with Crippen molar-refractivity contribution in [3.8, 4) is 0 Å². The number of fused-ring (bicyclic) bond motifs is 5. The van der Waals surface area contributed by atoms with Crippen molar-refractivity contribution in [2.45, 2.75) is 125 Å². The molecule has 0 fully saturated rings. The Bertz CT molecular complexity index is 1910. The Morgan fingerprint density at radius 2 is 0.939 bits per heavy atom. The quantitative estimate of drug-likeness (QED) is 0.0810. The summed E-state index contributed by atoms with van der Waals surface area (Å²) >= 11 is 7.68. The maximum absolute atomic E-state index is 2.42. The molecule has 0 amide bonds. The standard InChI is InChI=1S/C45H54S4/c1-6-7-8-11-32(4)13-15-34-17-21-36(22-18-34)46-38-25-27-40-42(29-38)48-45-41-28-26-39(30-43(41)49-44(40)45)47-37-23-19-35(20-24-37)16-14-33(5)12-9-10-31(2)3/h17-33H,6-16H2,1-5H3. The largest absolute Gasteiger partial charge is 0.134 e. The lowest BCUT2D eigenvalue weighted by molar-refractivity contribution is 0.437. The van der Waals surface area contributed by atoms with E-state index < -0.39 is 0 Å². The first-order valence-corrected chi connectivity index (χ1v) is 22.0. The van der Waals surface area contributed by atoms with E-state index in [2.05, 4.69) is 120 Å². The molecule has 0 nitrogen and oxygen atoms in total. The van der Waals surface area contributed by atoms with E-state index in [1.807, 2.05) is 46.2 Å². The van der Waals surface area contributed by atoms with E-state index in [4.69, 9.17) is 0 Å². The van der Waals surface area contributed by atoms with Gasteiger partial charge in [-0.25, -0.2) is 0 Å². The molecule has 0 saturated carbocycles. The molecule has 4 aromatic carbocycles. The van der Waals surface area contributed by atoms with Crippen molar-refractivity contribution in [3.05, 3.63) is 96.1 Å². The summed E-state index contributed by atoms with van der Waals surface area (Å²) < 4.78 is 5.66. The molecule has 2 aromatic heterocycles. The highest BCUT2D eigenvalue weighted by atomic mass is 32.2. The lowest BCUT2D eigenvalue weighted by Crippen LogP contribution is -1.99. The van der Waals surface area contributed by atoms with Gasteiger partial charge in [0.05, 0.1) is 9.40 Å². The second kappa shape index (κ2) is 17.8. The molecule has 2 heterocycles. The minimum atomic E-state index is 0.810. The van der Waals surface area contributed by atoms with Gasteiger partial charge in [0, 0.05) is 39.8 Å². The molecule has 0 saturated heterocycles. The Kier molecular flexibility index (Phi) is 13.3. The first kappa shape index (κ1) is 36.5. The van der Waals surface area contributed by atoms with E-state index in [1.165, 1.54) is 131 Å². The summed E-state index contributed by atoms with van der Waals surface area (Å²) in [4.78, 5) is 5.29. The summed E-state index contributed by atoms with van der Waals surface area (Å²) in [5.74, 6) is 2.46. The third kappa shape index (κ3) is 10.2. The molecule has 258 valence electrons. The first-order chi connectivity index (χ1) is 23.8. The van der Waals surface area contributed by atoms with Gasteiger partial charge in [-0.05, 0) is 103 Å². The highest BCUT2D eigenvalue weighted by Gasteiger charge is 2.14. The van der Waals surface area contributed by atoms with Gasteiger partial charge in [-0.15, -0.1) is 22.7 Å². The van der Waals surface area contributed by atoms with Gasteiger partial charge in [0.15, 0.2) is 0 Å². The number of hydrogen-bond donors (Lipinski definition) is 0. The fraction of sp³-hybridized carbons (Fsp3) is 0.422. The van der Waals surface area contributed by atoms with Crippen LogP contribution in [0.15, 0.2) is 105 Å². The maximum Gasteiger partial charge on any atom is 0.0542 e. The van der Waals surface area contributed by atoms with Gasteiger partial charge in [0.1, 0.15) is 0 Å². The number of benzene rings is 4. The number of aryl methyl sites for hydroxylation is 2. The van der Waals surface area contributed by atoms with Crippen LogP contribution in [-0.2, 0) is 12.8 Å². The maximum atomic E-state index is 2.42. The van der Waals surface area contributed by atoms with Crippen LogP contribution in [0, 0.1) is 17.8 Å². The van der Waals surface area contributed by atoms with Crippen LogP contribution in [0.4, 0.5) is 0 Å². The van der Waals surface area contributed by atoms with Crippen molar-refractivity contribution in [2.75, 3.05) is 0 Å². The normalized spacial score (nSPS) is 13.3. The highest BCUT2D eigenvalue weighted by molar-refractivity contribution is 7.99. The summed E-state index contributed by atoms with van der Waals surface area (Å²) in [5, 5.41) is 2.79. The van der Waals surface area contributed by atoms with Gasteiger partial charge in [-0.2, -0.15) is 0 Å². The Hall–Kier alpha value is -2.24. The average Bonchev–Trinajstić information content (AvgIpc) is 3.62. The Balaban J connectivity index is 1.05. The fourth-order valence-electron chi connectivity index (χ4n) is 6.80. The predicted octanol–water partition coefficient (Wildman–Crippen LogP) is 16.1. The summed E-state index contributed by atoms with van der Waals surface area (Å²) in [6.45, 7) is 11.8. The molecule has 0 radical (unpaired) electrons. The van der Waals surface area contributed by atoms with E-state index in [9.17, 15) is 0 Å². The fourth-order valence-corrected chi connectivity index (χ4v) is 11.4. The van der Waals surface area contributed by atoms with Crippen LogP contribution in [-0.4, -0.2) is 0 Å². The van der Waals surface area contributed by atoms with Gasteiger partial charge in [0.25, 0.3) is 0 Å². The van der Waals surface area contributed by atoms with Crippen molar-refractivity contribution < 1.29 is 0 Å². The topological polar surface area (TPSA) is 0 Å². The molecule has 6 rings (SSSR count). The number of thiophene rings is 2. The van der Waals surface area contributed by atoms with Gasteiger partial charge >= 0.3 is 0 Å². The summed E-state index contributed by atoms with van der Waals surface area (Å²) in [6.07, 6.45) is 14.5. The van der Waals surface area contributed by atoms with Crippen LogP contribution in [0.2, 0.25) is 0 Å². The summed E-state index contributed by atoms with van der Waals surface area (Å²) in [7, 11) is 0.